The fourth-order valence-corrected chi connectivity index (χ4v) is 2.50. The highest BCUT2D eigenvalue weighted by Crippen LogP contribution is 2.15. The van der Waals surface area contributed by atoms with Crippen LogP contribution < -0.4 is 9.47 Å². The normalized spacial score (nSPS) is 11.0. The third-order valence-electron chi connectivity index (χ3n) is 3.95. The topological polar surface area (TPSA) is 36.2 Å². The van der Waals surface area contributed by atoms with Crippen LogP contribution in [0.2, 0.25) is 0 Å². The second kappa shape index (κ2) is 10.5. The molecule has 0 saturated carbocycles. The molecule has 0 unspecified atom stereocenters. The Morgan fingerprint density at radius 1 is 0.917 bits per heavy atom. The summed E-state index contributed by atoms with van der Waals surface area (Å²) < 4.78 is 6.63. The number of hydrogen-bond acceptors (Lipinski definition) is 2. The van der Waals surface area contributed by atoms with E-state index in [1.165, 1.54) is 38.3 Å². The lowest BCUT2D eigenvalue weighted by molar-refractivity contribution is -0.607. The first kappa shape index (κ1) is 18.1. The highest BCUT2D eigenvalue weighted by Gasteiger charge is 1.98. The first-order valence-corrected chi connectivity index (χ1v) is 8.89. The van der Waals surface area contributed by atoms with Gasteiger partial charge in [-0.15, -0.1) is 0 Å². The maximum absolute atomic E-state index is 11.6. The molecular weight excluding hydrogens is 298 g/mol. The summed E-state index contributed by atoms with van der Waals surface area (Å²) in [6.45, 7) is 3.02. The summed E-state index contributed by atoms with van der Waals surface area (Å²) in [4.78, 5) is 0. The second-order valence-corrected chi connectivity index (χ2v) is 5.97. The molecule has 0 spiro atoms. The lowest BCUT2D eigenvalue weighted by Gasteiger charge is -2.06. The molecule has 0 aliphatic carbocycles. The van der Waals surface area contributed by atoms with E-state index in [4.69, 9.17) is 4.74 Å². The molecule has 0 atom stereocenters. The van der Waals surface area contributed by atoms with Gasteiger partial charge in [-0.2, -0.15) is 4.73 Å². The molecule has 0 aliphatic heterocycles. The quantitative estimate of drug-likeness (QED) is 0.341. The molecule has 24 heavy (non-hydrogen) atoms. The van der Waals surface area contributed by atoms with E-state index in [0.717, 1.165) is 29.1 Å². The Balaban J connectivity index is 1.74. The van der Waals surface area contributed by atoms with E-state index in [9.17, 15) is 5.21 Å². The number of unbranched alkanes of at least 4 members (excludes halogenated alkanes) is 5. The Morgan fingerprint density at radius 3 is 2.42 bits per heavy atom. The van der Waals surface area contributed by atoms with Gasteiger partial charge in [0.2, 0.25) is 5.69 Å². The van der Waals surface area contributed by atoms with Crippen LogP contribution in [0.5, 0.6) is 5.75 Å². The number of aromatic nitrogens is 1. The molecule has 0 amide bonds. The van der Waals surface area contributed by atoms with E-state index in [0.29, 0.717) is 5.69 Å². The molecule has 1 heterocycles. The minimum atomic E-state index is 0.626. The summed E-state index contributed by atoms with van der Waals surface area (Å²) in [7, 11) is 0. The molecule has 0 fully saturated rings. The third-order valence-corrected chi connectivity index (χ3v) is 3.95. The van der Waals surface area contributed by atoms with Gasteiger partial charge < -0.3 is 9.94 Å². The van der Waals surface area contributed by atoms with Crippen molar-refractivity contribution < 1.29 is 9.47 Å². The van der Waals surface area contributed by atoms with Crippen LogP contribution in [0.1, 0.15) is 56.7 Å². The van der Waals surface area contributed by atoms with E-state index >= 15 is 0 Å². The molecular formula is C21H27NO2. The summed E-state index contributed by atoms with van der Waals surface area (Å²) >= 11 is 0. The fraction of sp³-hybridized carbons (Fsp3) is 0.381. The number of pyridine rings is 1. The predicted molar refractivity (Wildman–Crippen MR) is 99.6 cm³/mol. The molecule has 1 aromatic carbocycles. The van der Waals surface area contributed by atoms with Gasteiger partial charge >= 0.3 is 0 Å². The zero-order valence-corrected chi connectivity index (χ0v) is 14.5. The average Bonchev–Trinajstić information content (AvgIpc) is 2.61. The number of rotatable bonds is 10. The lowest BCUT2D eigenvalue weighted by Crippen LogP contribution is -2.28. The van der Waals surface area contributed by atoms with E-state index in [-0.39, 0.29) is 0 Å². The van der Waals surface area contributed by atoms with Crippen LogP contribution in [-0.2, 0) is 0 Å². The highest BCUT2D eigenvalue weighted by atomic mass is 16.5. The smallest absolute Gasteiger partial charge is 0.216 e. The molecule has 0 N–H and O–H groups in total. The molecule has 1 aromatic heterocycles. The van der Waals surface area contributed by atoms with Crippen LogP contribution in [0.4, 0.5) is 0 Å². The predicted octanol–water partition coefficient (Wildman–Crippen LogP) is 5.23. The van der Waals surface area contributed by atoms with Crippen molar-refractivity contribution in [2.24, 2.45) is 0 Å². The Hall–Kier alpha value is -2.29. The van der Waals surface area contributed by atoms with Crippen LogP contribution in [0, 0.1) is 5.21 Å². The van der Waals surface area contributed by atoms with Gasteiger partial charge in [0, 0.05) is 18.2 Å². The standard InChI is InChI=1S/C21H27NO2/c1-2-3-4-5-6-9-18-24-21-15-12-19(13-16-21)11-14-20-10-7-8-17-22(20)23/h7-8,10-17H,2-6,9,18H2,1H3/b14-11+. The second-order valence-electron chi connectivity index (χ2n) is 5.97. The van der Waals surface area contributed by atoms with Crippen molar-refractivity contribution in [3.05, 3.63) is 65.1 Å². The average molecular weight is 325 g/mol. The summed E-state index contributed by atoms with van der Waals surface area (Å²) in [6.07, 6.45) is 12.9. The Labute approximate surface area is 145 Å². The number of nitrogens with zero attached hydrogens (tertiary/aromatic N) is 1. The Kier molecular flexibility index (Phi) is 7.88. The molecule has 0 saturated heterocycles. The first-order chi connectivity index (χ1) is 11.8. The summed E-state index contributed by atoms with van der Waals surface area (Å²) in [5.74, 6) is 0.902. The number of ether oxygens (including phenoxy) is 1. The summed E-state index contributed by atoms with van der Waals surface area (Å²) in [5, 5.41) is 11.6. The van der Waals surface area contributed by atoms with E-state index in [1.807, 2.05) is 42.5 Å². The van der Waals surface area contributed by atoms with Crippen molar-refractivity contribution in [2.45, 2.75) is 45.4 Å². The SMILES string of the molecule is CCCCCCCCOc1ccc(/C=C/c2cccc[n+]2[O-])cc1. The monoisotopic (exact) mass is 325 g/mol. The highest BCUT2D eigenvalue weighted by molar-refractivity contribution is 5.67. The largest absolute Gasteiger partial charge is 0.618 e. The van der Waals surface area contributed by atoms with Crippen molar-refractivity contribution in [1.29, 1.82) is 0 Å². The van der Waals surface area contributed by atoms with Crippen LogP contribution >= 0.6 is 0 Å². The van der Waals surface area contributed by atoms with Crippen molar-refractivity contribution >= 4 is 12.2 Å². The maximum Gasteiger partial charge on any atom is 0.216 e. The van der Waals surface area contributed by atoms with Crippen molar-refractivity contribution in [1.82, 2.24) is 0 Å². The van der Waals surface area contributed by atoms with Crippen molar-refractivity contribution in [2.75, 3.05) is 6.61 Å². The molecule has 128 valence electrons. The minimum Gasteiger partial charge on any atom is -0.618 e. The van der Waals surface area contributed by atoms with Gasteiger partial charge in [0.25, 0.3) is 0 Å². The van der Waals surface area contributed by atoms with Crippen LogP contribution in [0.25, 0.3) is 12.2 Å². The fourth-order valence-electron chi connectivity index (χ4n) is 2.50. The van der Waals surface area contributed by atoms with Crippen molar-refractivity contribution in [3.8, 4) is 5.75 Å². The Morgan fingerprint density at radius 2 is 1.67 bits per heavy atom. The molecule has 0 radical (unpaired) electrons. The summed E-state index contributed by atoms with van der Waals surface area (Å²) in [5.41, 5.74) is 1.67. The first-order valence-electron chi connectivity index (χ1n) is 8.89. The number of benzene rings is 1. The zero-order valence-electron chi connectivity index (χ0n) is 14.5. The van der Waals surface area contributed by atoms with Crippen molar-refractivity contribution in [3.63, 3.8) is 0 Å². The number of hydrogen-bond donors (Lipinski definition) is 0. The van der Waals surface area contributed by atoms with Gasteiger partial charge in [-0.25, -0.2) is 0 Å². The molecule has 3 nitrogen and oxygen atoms in total. The van der Waals surface area contributed by atoms with Gasteiger partial charge in [0.1, 0.15) is 5.75 Å². The lowest BCUT2D eigenvalue weighted by atomic mass is 10.1. The van der Waals surface area contributed by atoms with E-state index in [2.05, 4.69) is 6.92 Å². The molecule has 3 heteroatoms. The molecule has 0 bridgehead atoms. The van der Waals surface area contributed by atoms with Gasteiger partial charge in [-0.05, 0) is 36.3 Å². The van der Waals surface area contributed by atoms with E-state index in [1.54, 1.807) is 12.1 Å². The molecule has 2 aromatic rings. The molecule has 2 rings (SSSR count). The van der Waals surface area contributed by atoms with Gasteiger partial charge in [0.05, 0.1) is 6.61 Å². The van der Waals surface area contributed by atoms with Gasteiger partial charge in [0.15, 0.2) is 6.20 Å². The van der Waals surface area contributed by atoms with Gasteiger partial charge in [-0.1, -0.05) is 51.2 Å². The zero-order chi connectivity index (χ0) is 17.0. The van der Waals surface area contributed by atoms with Crippen LogP contribution in [-0.4, -0.2) is 6.61 Å². The molecule has 0 aliphatic rings. The third kappa shape index (κ3) is 6.45. The Bertz CT molecular complexity index is 620. The van der Waals surface area contributed by atoms with Crippen LogP contribution in [0.3, 0.4) is 0 Å². The van der Waals surface area contributed by atoms with E-state index < -0.39 is 0 Å². The summed E-state index contributed by atoms with van der Waals surface area (Å²) in [6, 6.07) is 13.3. The van der Waals surface area contributed by atoms with Gasteiger partial charge in [-0.3, -0.25) is 0 Å². The van der Waals surface area contributed by atoms with Crippen LogP contribution in [0.15, 0.2) is 48.7 Å². The maximum atomic E-state index is 11.6. The minimum absolute atomic E-state index is 0.626.